The van der Waals surface area contributed by atoms with Gasteiger partial charge in [-0.1, -0.05) is 5.16 Å². The quantitative estimate of drug-likeness (QED) is 0.104. The second kappa shape index (κ2) is 11.2. The van der Waals surface area contributed by atoms with Gasteiger partial charge in [-0.05, 0) is 12.1 Å². The molecule has 1 aromatic rings. The lowest BCUT2D eigenvalue weighted by Crippen LogP contribution is -2.71. The zero-order chi connectivity index (χ0) is 25.6. The highest BCUT2D eigenvalue weighted by atomic mass is 32.2. The Hall–Kier alpha value is -3.37. The minimum atomic E-state index is -4.64. The van der Waals surface area contributed by atoms with Gasteiger partial charge in [0.05, 0.1) is 6.26 Å². The highest BCUT2D eigenvalue weighted by Crippen LogP contribution is 2.40. The monoisotopic (exact) mass is 522 g/mol. The van der Waals surface area contributed by atoms with Gasteiger partial charge in [-0.25, -0.2) is 14.2 Å². The van der Waals surface area contributed by atoms with Crippen LogP contribution in [0.5, 0.6) is 0 Å². The fraction of sp³-hybridized carbons (Fsp3) is 0.312. The molecule has 186 valence electrons. The maximum Gasteiger partial charge on any atom is 0.466 e. The van der Waals surface area contributed by atoms with Crippen LogP contribution in [-0.2, 0) is 28.5 Å². The molecule has 1 aromatic heterocycles. The van der Waals surface area contributed by atoms with Gasteiger partial charge in [0.25, 0.3) is 11.8 Å². The Labute approximate surface area is 194 Å². The van der Waals surface area contributed by atoms with E-state index in [9.17, 15) is 24.3 Å². The lowest BCUT2D eigenvalue weighted by atomic mass is 10.0. The summed E-state index contributed by atoms with van der Waals surface area (Å²) in [5.41, 5.74) is 4.68. The fourth-order valence-electron chi connectivity index (χ4n) is 2.87. The summed E-state index contributed by atoms with van der Waals surface area (Å²) in [5.74, 6) is -2.38. The third-order valence-corrected chi connectivity index (χ3v) is 5.42. The molecule has 0 radical (unpaired) electrons. The number of hydrogen-bond donors (Lipinski definition) is 6. The van der Waals surface area contributed by atoms with E-state index >= 15 is 0 Å². The van der Waals surface area contributed by atoms with E-state index in [1.807, 2.05) is 0 Å². The predicted octanol–water partition coefficient (Wildman–Crippen LogP) is -1.46. The number of primary amides is 1. The third kappa shape index (κ3) is 6.82. The van der Waals surface area contributed by atoms with E-state index in [4.69, 9.17) is 29.4 Å². The smallest absolute Gasteiger partial charge is 0.466 e. The molecule has 2 aliphatic rings. The van der Waals surface area contributed by atoms with Crippen molar-refractivity contribution in [2.24, 2.45) is 10.9 Å². The number of carbonyl (C=O) groups is 4. The van der Waals surface area contributed by atoms with Crippen molar-refractivity contribution in [3.8, 4) is 0 Å². The summed E-state index contributed by atoms with van der Waals surface area (Å²) in [6, 6.07) is 2.08. The van der Waals surface area contributed by atoms with Gasteiger partial charge in [0.2, 0.25) is 5.71 Å². The summed E-state index contributed by atoms with van der Waals surface area (Å²) in [4.78, 5) is 74.8. The lowest BCUT2D eigenvalue weighted by Gasteiger charge is -2.49. The van der Waals surface area contributed by atoms with Crippen molar-refractivity contribution in [1.29, 1.82) is 0 Å². The van der Waals surface area contributed by atoms with E-state index in [2.05, 4.69) is 20.0 Å². The molecule has 3 rings (SSSR count). The molecule has 3 amide bonds. The van der Waals surface area contributed by atoms with Crippen molar-refractivity contribution in [2.45, 2.75) is 11.4 Å². The Kier molecular flexibility index (Phi) is 8.83. The van der Waals surface area contributed by atoms with Crippen LogP contribution >= 0.6 is 19.6 Å². The Morgan fingerprint density at radius 2 is 2.03 bits per heavy atom. The number of nitrogens with two attached hydrogens (primary N) is 1. The molecule has 7 N–H and O–H groups in total. The highest BCUT2D eigenvalue weighted by Gasteiger charge is 2.54. The molecule has 0 bridgehead atoms. The number of thioether (sulfide) groups is 1. The minimum absolute atomic E-state index is 0.140. The number of oxime groups is 1. The van der Waals surface area contributed by atoms with E-state index < -0.39 is 43.1 Å². The molecule has 2 aliphatic heterocycles. The molecule has 1 fully saturated rings. The number of hydrogen-bond acceptors (Lipinski definition) is 10. The number of carboxylic acid groups (broad SMARTS) is 1. The van der Waals surface area contributed by atoms with Gasteiger partial charge in [0.15, 0.2) is 5.76 Å². The van der Waals surface area contributed by atoms with Crippen LogP contribution in [0.3, 0.4) is 0 Å². The molecule has 0 unspecified atom stereocenters. The molecule has 16 nitrogen and oxygen atoms in total. The molecule has 34 heavy (non-hydrogen) atoms. The van der Waals surface area contributed by atoms with E-state index in [1.54, 1.807) is 6.07 Å². The van der Waals surface area contributed by atoms with Crippen LogP contribution < -0.4 is 11.1 Å². The first kappa shape index (κ1) is 26.9. The van der Waals surface area contributed by atoms with Gasteiger partial charge in [0.1, 0.15) is 30.8 Å². The van der Waals surface area contributed by atoms with Crippen LogP contribution in [0, 0.1) is 0 Å². The number of ether oxygens (including phenoxy) is 1. The summed E-state index contributed by atoms with van der Waals surface area (Å²) >= 11 is 1.21. The van der Waals surface area contributed by atoms with Crippen LogP contribution in [-0.4, -0.2) is 85.2 Å². The molecule has 1 saturated heterocycles. The second-order valence-electron chi connectivity index (χ2n) is 6.34. The molecule has 0 aliphatic carbocycles. The topological polar surface area (TPSA) is 252 Å². The molecular formula is C16H19N4O12PS. The summed E-state index contributed by atoms with van der Waals surface area (Å²) in [6.45, 7) is -0.347. The van der Waals surface area contributed by atoms with Crippen LogP contribution in [0.25, 0.3) is 0 Å². The molecule has 0 saturated carbocycles. The second-order valence-corrected chi connectivity index (χ2v) is 8.47. The summed E-state index contributed by atoms with van der Waals surface area (Å²) in [7, 11) is -3.39. The average Bonchev–Trinajstić information content (AvgIpc) is 3.26. The summed E-state index contributed by atoms with van der Waals surface area (Å²) in [5, 5.41) is 15.0. The van der Waals surface area contributed by atoms with Gasteiger partial charge in [-0.15, -0.1) is 11.8 Å². The van der Waals surface area contributed by atoms with Crippen LogP contribution in [0.15, 0.2) is 39.2 Å². The molecule has 2 atom stereocenters. The van der Waals surface area contributed by atoms with Crippen molar-refractivity contribution in [2.75, 3.05) is 19.5 Å². The van der Waals surface area contributed by atoms with Crippen LogP contribution in [0.1, 0.15) is 5.76 Å². The summed E-state index contributed by atoms with van der Waals surface area (Å²) in [6.07, 6.45) is 0.290. The number of fused-ring (bicyclic) bond motifs is 1. The molecule has 18 heteroatoms. The average molecular weight is 522 g/mol. The SMILES string of the molecule is CO/N=C(/C(=O)N[C@@H]1C(=O)N2C(C(=O)O)=C(COC(N)=O)CS[C@H]12)c1ccco1.O=P(O)(O)O. The van der Waals surface area contributed by atoms with Crippen LogP contribution in [0.2, 0.25) is 0 Å². The highest BCUT2D eigenvalue weighted by molar-refractivity contribution is 8.00. The van der Waals surface area contributed by atoms with E-state index in [-0.39, 0.29) is 35.1 Å². The Morgan fingerprint density at radius 3 is 2.53 bits per heavy atom. The fourth-order valence-corrected chi connectivity index (χ4v) is 4.19. The first-order chi connectivity index (χ1) is 15.8. The number of carboxylic acids is 1. The first-order valence-corrected chi connectivity index (χ1v) is 11.5. The van der Waals surface area contributed by atoms with E-state index in [1.165, 1.54) is 31.2 Å². The largest absolute Gasteiger partial charge is 0.477 e. The number of furan rings is 1. The minimum Gasteiger partial charge on any atom is -0.477 e. The van der Waals surface area contributed by atoms with Crippen molar-refractivity contribution >= 4 is 49.2 Å². The number of carbonyl (C=O) groups excluding carboxylic acids is 3. The standard InChI is InChI=1S/C16H16N4O8S.H3O4P/c1-26-19-9(8-3-2-4-27-8)12(21)18-10-13(22)20-11(15(23)24)7(5-28-16(17)25)6-29-14(10)20;1-5(2,3)4/h2-4,10,14H,5-6H2,1H3,(H2,17,25)(H,18,21)(H,23,24);(H3,1,2,3,4)/b19-9+;/t10-,14-;/m1./s1. The van der Waals surface area contributed by atoms with Crippen LogP contribution in [0.4, 0.5) is 4.79 Å². The zero-order valence-electron chi connectivity index (χ0n) is 17.2. The van der Waals surface area contributed by atoms with Crippen molar-refractivity contribution in [3.63, 3.8) is 0 Å². The molecule has 0 spiro atoms. The third-order valence-electron chi connectivity index (χ3n) is 4.08. The van der Waals surface area contributed by atoms with Gasteiger partial charge in [-0.2, -0.15) is 0 Å². The van der Waals surface area contributed by atoms with Gasteiger partial charge in [-0.3, -0.25) is 14.5 Å². The van der Waals surface area contributed by atoms with Crippen molar-refractivity contribution < 1.29 is 57.5 Å². The van der Waals surface area contributed by atoms with E-state index in [0.717, 1.165) is 4.90 Å². The number of rotatable bonds is 7. The Bertz CT molecular complexity index is 1060. The normalized spacial score (nSPS) is 19.8. The molecule has 3 heterocycles. The van der Waals surface area contributed by atoms with Gasteiger partial charge >= 0.3 is 19.9 Å². The van der Waals surface area contributed by atoms with Crippen molar-refractivity contribution in [1.82, 2.24) is 10.2 Å². The number of aliphatic carboxylic acids is 1. The maximum atomic E-state index is 12.6. The van der Waals surface area contributed by atoms with E-state index in [0.29, 0.717) is 0 Å². The number of nitrogens with zero attached hydrogens (tertiary/aromatic N) is 2. The zero-order valence-corrected chi connectivity index (χ0v) is 18.9. The maximum absolute atomic E-state index is 12.6. The number of phosphoric acid groups is 1. The van der Waals surface area contributed by atoms with Gasteiger partial charge in [0, 0.05) is 11.3 Å². The molecule has 0 aromatic carbocycles. The first-order valence-electron chi connectivity index (χ1n) is 8.91. The number of β-lactam (4-membered cyclic amide) rings is 1. The number of amides is 3. The van der Waals surface area contributed by atoms with Crippen molar-refractivity contribution in [3.05, 3.63) is 35.4 Å². The molecular weight excluding hydrogens is 503 g/mol. The number of nitrogens with one attached hydrogen (secondary N) is 1. The Balaban J connectivity index is 0.000000739. The predicted molar refractivity (Wildman–Crippen MR) is 112 cm³/mol. The Morgan fingerprint density at radius 1 is 1.38 bits per heavy atom. The van der Waals surface area contributed by atoms with Gasteiger partial charge < -0.3 is 44.8 Å². The lowest BCUT2D eigenvalue weighted by molar-refractivity contribution is -0.150. The summed E-state index contributed by atoms with van der Waals surface area (Å²) < 4.78 is 18.7.